The first-order chi connectivity index (χ1) is 10.7. The minimum atomic E-state index is -1.45. The third kappa shape index (κ3) is 4.83. The van der Waals surface area contributed by atoms with Gasteiger partial charge in [0.05, 0.1) is 18.2 Å². The molecule has 130 valence electrons. The third-order valence-corrected chi connectivity index (χ3v) is 3.34. The van der Waals surface area contributed by atoms with Crippen molar-refractivity contribution in [3.63, 3.8) is 0 Å². The predicted molar refractivity (Wildman–Crippen MR) is 80.1 cm³/mol. The Morgan fingerprint density at radius 3 is 2.48 bits per heavy atom. The number of ether oxygens (including phenoxy) is 1. The lowest BCUT2D eigenvalue weighted by Gasteiger charge is -2.38. The van der Waals surface area contributed by atoms with Crippen LogP contribution in [0.25, 0.3) is 0 Å². The van der Waals surface area contributed by atoms with Crippen molar-refractivity contribution in [1.29, 1.82) is 0 Å². The molecular weight excluding hydrogens is 308 g/mol. The molecule has 23 heavy (non-hydrogen) atoms. The molecule has 8 N–H and O–H groups in total. The number of carbonyl (C=O) groups excluding carboxylic acids is 1. The van der Waals surface area contributed by atoms with E-state index in [4.69, 9.17) is 21.3 Å². The van der Waals surface area contributed by atoms with Crippen LogP contribution in [-0.4, -0.2) is 63.6 Å². The van der Waals surface area contributed by atoms with Crippen molar-refractivity contribution in [3.05, 3.63) is 11.8 Å². The van der Waals surface area contributed by atoms with Gasteiger partial charge in [-0.15, -0.1) is 0 Å². The summed E-state index contributed by atoms with van der Waals surface area (Å²) in [6.45, 7) is 2.87. The van der Waals surface area contributed by atoms with E-state index in [1.54, 1.807) is 6.92 Å². The van der Waals surface area contributed by atoms with Gasteiger partial charge in [0.25, 0.3) is 0 Å². The zero-order valence-electron chi connectivity index (χ0n) is 12.8. The first-order valence-electron chi connectivity index (χ1n) is 7.01. The van der Waals surface area contributed by atoms with Gasteiger partial charge in [-0.25, -0.2) is 9.79 Å². The van der Waals surface area contributed by atoms with Crippen molar-refractivity contribution >= 4 is 17.8 Å². The number of carboxylic acids is 1. The fourth-order valence-corrected chi connectivity index (χ4v) is 2.27. The number of nitrogens with zero attached hydrogens (tertiary/aromatic N) is 1. The fourth-order valence-electron chi connectivity index (χ4n) is 2.27. The van der Waals surface area contributed by atoms with Crippen LogP contribution < -0.4 is 16.8 Å². The van der Waals surface area contributed by atoms with Crippen molar-refractivity contribution < 1.29 is 29.6 Å². The number of hydrogen-bond acceptors (Lipinski definition) is 6. The number of aliphatic imine (C=N–C) groups is 1. The molecule has 1 rings (SSSR count). The van der Waals surface area contributed by atoms with E-state index >= 15 is 0 Å². The molecule has 0 aromatic carbocycles. The van der Waals surface area contributed by atoms with Crippen molar-refractivity contribution in [2.75, 3.05) is 0 Å². The molecule has 10 heteroatoms. The molecule has 1 amide bonds. The number of hydrogen-bond donors (Lipinski definition) is 6. The summed E-state index contributed by atoms with van der Waals surface area (Å²) >= 11 is 0. The van der Waals surface area contributed by atoms with Crippen molar-refractivity contribution in [2.24, 2.45) is 16.5 Å². The zero-order chi connectivity index (χ0) is 17.7. The van der Waals surface area contributed by atoms with Gasteiger partial charge in [0.15, 0.2) is 5.96 Å². The minimum Gasteiger partial charge on any atom is -0.478 e. The normalized spacial score (nSPS) is 26.3. The van der Waals surface area contributed by atoms with E-state index in [2.05, 4.69) is 10.3 Å². The van der Waals surface area contributed by atoms with E-state index in [0.29, 0.717) is 0 Å². The van der Waals surface area contributed by atoms with Crippen LogP contribution in [0.2, 0.25) is 0 Å². The number of aliphatic hydroxyl groups is 2. The molecule has 0 aliphatic carbocycles. The summed E-state index contributed by atoms with van der Waals surface area (Å²) in [6.07, 6.45) is -2.53. The summed E-state index contributed by atoms with van der Waals surface area (Å²) in [5.74, 6) is -2.64. The highest BCUT2D eigenvalue weighted by Gasteiger charge is 2.43. The molecule has 1 heterocycles. The molecule has 0 bridgehead atoms. The van der Waals surface area contributed by atoms with Crippen molar-refractivity contribution in [2.45, 2.75) is 50.7 Å². The second kappa shape index (κ2) is 7.79. The number of aliphatic hydroxyl groups excluding tert-OH is 2. The van der Waals surface area contributed by atoms with Gasteiger partial charge < -0.3 is 36.8 Å². The Labute approximate surface area is 132 Å². The van der Waals surface area contributed by atoms with Crippen LogP contribution in [0, 0.1) is 0 Å². The maximum atomic E-state index is 11.4. The van der Waals surface area contributed by atoms with Crippen LogP contribution in [0.1, 0.15) is 20.3 Å². The summed E-state index contributed by atoms with van der Waals surface area (Å²) in [6, 6.07) is -1.92. The van der Waals surface area contributed by atoms with E-state index in [1.807, 2.05) is 0 Å². The largest absolute Gasteiger partial charge is 0.478 e. The van der Waals surface area contributed by atoms with E-state index in [-0.39, 0.29) is 12.4 Å². The topological polar surface area (TPSA) is 180 Å². The summed E-state index contributed by atoms with van der Waals surface area (Å²) in [5.41, 5.74) is 10.7. The van der Waals surface area contributed by atoms with E-state index < -0.39 is 48.0 Å². The smallest absolute Gasteiger partial charge is 0.370 e. The number of carboxylic acid groups (broad SMARTS) is 1. The lowest BCUT2D eigenvalue weighted by Crippen LogP contribution is -2.59. The van der Waals surface area contributed by atoms with Gasteiger partial charge in [0.2, 0.25) is 11.7 Å². The Bertz CT molecular complexity index is 517. The summed E-state index contributed by atoms with van der Waals surface area (Å²) < 4.78 is 5.24. The fraction of sp³-hybridized carbons (Fsp3) is 0.615. The second-order valence-electron chi connectivity index (χ2n) is 5.16. The monoisotopic (exact) mass is 330 g/mol. The number of carbonyl (C=O) groups is 2. The van der Waals surface area contributed by atoms with E-state index in [0.717, 1.165) is 6.08 Å². The lowest BCUT2D eigenvalue weighted by molar-refractivity contribution is -0.144. The molecule has 0 saturated carbocycles. The number of aliphatic carboxylic acids is 1. The Morgan fingerprint density at radius 1 is 1.43 bits per heavy atom. The Kier molecular flexibility index (Phi) is 6.34. The van der Waals surface area contributed by atoms with Gasteiger partial charge in [0.1, 0.15) is 12.2 Å². The molecular formula is C13H22N4O6. The van der Waals surface area contributed by atoms with Gasteiger partial charge in [-0.05, 0) is 12.5 Å². The molecule has 1 aliphatic rings. The molecule has 10 nitrogen and oxygen atoms in total. The average Bonchev–Trinajstić information content (AvgIpc) is 2.45. The Balaban J connectivity index is 3.28. The van der Waals surface area contributed by atoms with Gasteiger partial charge >= 0.3 is 5.97 Å². The summed E-state index contributed by atoms with van der Waals surface area (Å²) in [5, 5.41) is 31.7. The molecule has 0 saturated heterocycles. The molecule has 0 radical (unpaired) electrons. The minimum absolute atomic E-state index is 0.201. The molecule has 1 aliphatic heterocycles. The first-order valence-corrected chi connectivity index (χ1v) is 7.01. The predicted octanol–water partition coefficient (Wildman–Crippen LogP) is -2.37. The highest BCUT2D eigenvalue weighted by Crippen LogP contribution is 2.25. The van der Waals surface area contributed by atoms with Crippen LogP contribution in [0.3, 0.4) is 0 Å². The van der Waals surface area contributed by atoms with Crippen LogP contribution in [0.5, 0.6) is 0 Å². The highest BCUT2D eigenvalue weighted by atomic mass is 16.5. The SMILES string of the molecule is CC[C@@H](O)[C@@H](O)[C@@H]1OC(C(=O)O)=C[C@H](N=C(N)N)[C@H]1NC(C)=O. The van der Waals surface area contributed by atoms with Crippen LogP contribution in [0.4, 0.5) is 0 Å². The lowest BCUT2D eigenvalue weighted by atomic mass is 9.91. The Morgan fingerprint density at radius 2 is 2.04 bits per heavy atom. The highest BCUT2D eigenvalue weighted by molar-refractivity contribution is 5.85. The molecule has 0 fully saturated rings. The molecule has 0 unspecified atom stereocenters. The van der Waals surface area contributed by atoms with Crippen molar-refractivity contribution in [3.8, 4) is 0 Å². The zero-order valence-corrected chi connectivity index (χ0v) is 12.8. The van der Waals surface area contributed by atoms with Crippen molar-refractivity contribution in [1.82, 2.24) is 5.32 Å². The number of guanidine groups is 1. The number of nitrogens with two attached hydrogens (primary N) is 2. The summed E-state index contributed by atoms with van der Waals surface area (Å²) in [7, 11) is 0. The maximum absolute atomic E-state index is 11.4. The summed E-state index contributed by atoms with van der Waals surface area (Å²) in [4.78, 5) is 26.5. The van der Waals surface area contributed by atoms with Crippen LogP contribution >= 0.6 is 0 Å². The third-order valence-electron chi connectivity index (χ3n) is 3.34. The van der Waals surface area contributed by atoms with Gasteiger partial charge in [-0.3, -0.25) is 4.79 Å². The molecule has 0 aromatic heterocycles. The van der Waals surface area contributed by atoms with Gasteiger partial charge in [-0.2, -0.15) is 0 Å². The molecule has 0 spiro atoms. The number of rotatable bonds is 6. The average molecular weight is 330 g/mol. The molecule has 5 atom stereocenters. The first kappa shape index (κ1) is 18.7. The van der Waals surface area contributed by atoms with Crippen LogP contribution in [-0.2, 0) is 14.3 Å². The van der Waals surface area contributed by atoms with E-state index in [1.165, 1.54) is 6.92 Å². The van der Waals surface area contributed by atoms with Crippen LogP contribution in [0.15, 0.2) is 16.8 Å². The Hall–Kier alpha value is -2.33. The standard InChI is InChI=1S/C13H22N4O6/c1-3-7(19)10(20)11-9(16-5(2)18)6(17-13(14)15)4-8(23-11)12(21)22/h4,6-7,9-11,19-20H,3H2,1-2H3,(H,16,18)(H,21,22)(H4,14,15,17)/t6-,7+,9+,10+,11+/m0/s1. The van der Waals surface area contributed by atoms with Gasteiger partial charge in [-0.1, -0.05) is 6.92 Å². The molecule has 0 aromatic rings. The van der Waals surface area contributed by atoms with Gasteiger partial charge in [0, 0.05) is 6.92 Å². The second-order valence-corrected chi connectivity index (χ2v) is 5.16. The number of amides is 1. The van der Waals surface area contributed by atoms with E-state index in [9.17, 15) is 19.8 Å². The maximum Gasteiger partial charge on any atom is 0.370 e. The quantitative estimate of drug-likeness (QED) is 0.231. The number of nitrogens with one attached hydrogen (secondary N) is 1.